The first kappa shape index (κ1) is 17.8. The molecule has 1 aromatic carbocycles. The van der Waals surface area contributed by atoms with Crippen molar-refractivity contribution in [1.29, 1.82) is 0 Å². The van der Waals surface area contributed by atoms with Gasteiger partial charge in [-0.2, -0.15) is 0 Å². The fraction of sp³-hybridized carbons (Fsp3) is 0.588. The van der Waals surface area contributed by atoms with E-state index in [9.17, 15) is 9.18 Å². The molecule has 0 heterocycles. The van der Waals surface area contributed by atoms with Crippen LogP contribution < -0.4 is 0 Å². The zero-order valence-electron chi connectivity index (χ0n) is 13.6. The summed E-state index contributed by atoms with van der Waals surface area (Å²) in [6.45, 7) is 7.53. The Hall–Kier alpha value is -1.26. The fourth-order valence-electron chi connectivity index (χ4n) is 2.35. The molecule has 0 aromatic heterocycles. The van der Waals surface area contributed by atoms with Gasteiger partial charge in [0, 0.05) is 25.6 Å². The summed E-state index contributed by atoms with van der Waals surface area (Å²) in [7, 11) is 4.08. The van der Waals surface area contributed by atoms with Crippen LogP contribution in [-0.2, 0) is 0 Å². The summed E-state index contributed by atoms with van der Waals surface area (Å²) in [4.78, 5) is 16.8. The number of rotatable bonds is 9. The van der Waals surface area contributed by atoms with Crippen LogP contribution >= 0.6 is 0 Å². The van der Waals surface area contributed by atoms with Gasteiger partial charge in [0.25, 0.3) is 0 Å². The van der Waals surface area contributed by atoms with Crippen molar-refractivity contribution in [3.05, 3.63) is 35.6 Å². The Morgan fingerprint density at radius 3 is 2.43 bits per heavy atom. The molecule has 0 amide bonds. The van der Waals surface area contributed by atoms with Crippen molar-refractivity contribution in [3.63, 3.8) is 0 Å². The van der Waals surface area contributed by atoms with Crippen molar-refractivity contribution < 1.29 is 9.18 Å². The number of hydrogen-bond acceptors (Lipinski definition) is 3. The van der Waals surface area contributed by atoms with Crippen molar-refractivity contribution in [2.24, 2.45) is 5.92 Å². The Kier molecular flexibility index (Phi) is 7.54. The Bertz CT molecular complexity index is 448. The van der Waals surface area contributed by atoms with E-state index in [4.69, 9.17) is 0 Å². The zero-order chi connectivity index (χ0) is 15.8. The number of ketones is 1. The van der Waals surface area contributed by atoms with E-state index in [0.29, 0.717) is 6.54 Å². The molecule has 0 bridgehead atoms. The number of nitrogens with zero attached hydrogens (tertiary/aromatic N) is 2. The van der Waals surface area contributed by atoms with Crippen LogP contribution in [0.5, 0.6) is 0 Å². The minimum absolute atomic E-state index is 0.112. The third-order valence-electron chi connectivity index (χ3n) is 3.52. The van der Waals surface area contributed by atoms with Gasteiger partial charge < -0.3 is 9.80 Å². The van der Waals surface area contributed by atoms with Gasteiger partial charge >= 0.3 is 0 Å². The number of Topliss-reactive ketones (excluding diaryl/α,β-unsaturated/α-hetero) is 1. The maximum atomic E-state index is 13.7. The van der Waals surface area contributed by atoms with Crippen molar-refractivity contribution in [1.82, 2.24) is 9.80 Å². The molecule has 0 radical (unpaired) electrons. The van der Waals surface area contributed by atoms with Crippen LogP contribution in [0.3, 0.4) is 0 Å². The van der Waals surface area contributed by atoms with Gasteiger partial charge in [0.15, 0.2) is 5.78 Å². The molecule has 1 atom stereocenters. The summed E-state index contributed by atoms with van der Waals surface area (Å²) < 4.78 is 13.7. The average molecular weight is 294 g/mol. The predicted octanol–water partition coefficient (Wildman–Crippen LogP) is 2.92. The van der Waals surface area contributed by atoms with Crippen LogP contribution in [0.2, 0.25) is 0 Å². The second-order valence-electron chi connectivity index (χ2n) is 5.85. The molecular weight excluding hydrogens is 267 g/mol. The van der Waals surface area contributed by atoms with Gasteiger partial charge in [-0.05, 0) is 39.2 Å². The van der Waals surface area contributed by atoms with E-state index in [1.54, 1.807) is 18.2 Å². The highest BCUT2D eigenvalue weighted by molar-refractivity contribution is 5.98. The van der Waals surface area contributed by atoms with E-state index >= 15 is 0 Å². The lowest BCUT2D eigenvalue weighted by Gasteiger charge is -2.26. The van der Waals surface area contributed by atoms with Crippen molar-refractivity contribution in [3.8, 4) is 0 Å². The SMILES string of the molecule is CCCN(CCN(C)C)CC(C)C(=O)c1ccccc1F. The van der Waals surface area contributed by atoms with Crippen molar-refractivity contribution in [2.45, 2.75) is 20.3 Å². The predicted molar refractivity (Wildman–Crippen MR) is 85.2 cm³/mol. The molecule has 0 saturated heterocycles. The van der Waals surface area contributed by atoms with Gasteiger partial charge in [-0.15, -0.1) is 0 Å². The lowest BCUT2D eigenvalue weighted by atomic mass is 9.98. The van der Waals surface area contributed by atoms with E-state index in [0.717, 1.165) is 26.1 Å². The lowest BCUT2D eigenvalue weighted by Crippen LogP contribution is -2.37. The quantitative estimate of drug-likeness (QED) is 0.654. The van der Waals surface area contributed by atoms with Crippen LogP contribution in [0.4, 0.5) is 4.39 Å². The third kappa shape index (κ3) is 5.94. The van der Waals surface area contributed by atoms with Crippen LogP contribution in [0.25, 0.3) is 0 Å². The maximum Gasteiger partial charge on any atom is 0.169 e. The monoisotopic (exact) mass is 294 g/mol. The van der Waals surface area contributed by atoms with E-state index < -0.39 is 5.82 Å². The molecule has 0 aliphatic rings. The van der Waals surface area contributed by atoms with Crippen molar-refractivity contribution >= 4 is 5.78 Å². The highest BCUT2D eigenvalue weighted by Gasteiger charge is 2.20. The van der Waals surface area contributed by atoms with Crippen LogP contribution in [0.15, 0.2) is 24.3 Å². The normalized spacial score (nSPS) is 12.9. The summed E-state index contributed by atoms with van der Waals surface area (Å²) >= 11 is 0. The Balaban J connectivity index is 2.65. The molecule has 0 spiro atoms. The van der Waals surface area contributed by atoms with Gasteiger partial charge in [-0.1, -0.05) is 26.0 Å². The maximum absolute atomic E-state index is 13.7. The smallest absolute Gasteiger partial charge is 0.169 e. The molecule has 0 aliphatic heterocycles. The molecule has 1 aromatic rings. The molecule has 3 nitrogen and oxygen atoms in total. The molecule has 0 saturated carbocycles. The number of likely N-dealkylation sites (N-methyl/N-ethyl adjacent to an activating group) is 1. The third-order valence-corrected chi connectivity index (χ3v) is 3.52. The topological polar surface area (TPSA) is 23.6 Å². The van der Waals surface area contributed by atoms with Gasteiger partial charge in [-0.25, -0.2) is 4.39 Å². The first-order valence-electron chi connectivity index (χ1n) is 7.61. The summed E-state index contributed by atoms with van der Waals surface area (Å²) in [6.07, 6.45) is 1.05. The van der Waals surface area contributed by atoms with Crippen molar-refractivity contribution in [2.75, 3.05) is 40.3 Å². The van der Waals surface area contributed by atoms with Gasteiger partial charge in [-0.3, -0.25) is 4.79 Å². The molecular formula is C17H27FN2O. The van der Waals surface area contributed by atoms with E-state index in [2.05, 4.69) is 16.7 Å². The molecule has 1 unspecified atom stereocenters. The van der Waals surface area contributed by atoms with Crippen LogP contribution in [0, 0.1) is 11.7 Å². The number of benzene rings is 1. The minimum Gasteiger partial charge on any atom is -0.308 e. The molecule has 4 heteroatoms. The molecule has 118 valence electrons. The second-order valence-corrected chi connectivity index (χ2v) is 5.85. The summed E-state index contributed by atoms with van der Waals surface area (Å²) in [5.41, 5.74) is 0.203. The average Bonchev–Trinajstić information content (AvgIpc) is 2.44. The molecule has 0 aliphatic carbocycles. The van der Waals surface area contributed by atoms with E-state index in [-0.39, 0.29) is 17.3 Å². The highest BCUT2D eigenvalue weighted by Crippen LogP contribution is 2.14. The molecule has 1 rings (SSSR count). The number of halogens is 1. The zero-order valence-corrected chi connectivity index (χ0v) is 13.6. The van der Waals surface area contributed by atoms with Gasteiger partial charge in [0.2, 0.25) is 0 Å². The molecule has 0 N–H and O–H groups in total. The summed E-state index contributed by atoms with van der Waals surface area (Å²) in [5.74, 6) is -0.737. The highest BCUT2D eigenvalue weighted by atomic mass is 19.1. The fourth-order valence-corrected chi connectivity index (χ4v) is 2.35. The summed E-state index contributed by atoms with van der Waals surface area (Å²) in [6, 6.07) is 6.23. The molecule has 0 fully saturated rings. The molecule has 21 heavy (non-hydrogen) atoms. The summed E-state index contributed by atoms with van der Waals surface area (Å²) in [5, 5.41) is 0. The minimum atomic E-state index is -0.426. The van der Waals surface area contributed by atoms with Crippen LogP contribution in [-0.4, -0.2) is 55.9 Å². The first-order valence-corrected chi connectivity index (χ1v) is 7.61. The standard InChI is InChI=1S/C17H27FN2O/c1-5-10-20(12-11-19(3)4)13-14(2)17(21)15-8-6-7-9-16(15)18/h6-9,14H,5,10-13H2,1-4H3. The van der Waals surface area contributed by atoms with Gasteiger partial charge in [0.1, 0.15) is 5.82 Å². The second kappa shape index (κ2) is 8.90. The Morgan fingerprint density at radius 1 is 1.19 bits per heavy atom. The first-order chi connectivity index (χ1) is 9.95. The lowest BCUT2D eigenvalue weighted by molar-refractivity contribution is 0.0886. The number of carbonyl (C=O) groups is 1. The van der Waals surface area contributed by atoms with E-state index in [1.807, 2.05) is 21.0 Å². The Morgan fingerprint density at radius 2 is 1.86 bits per heavy atom. The van der Waals surface area contributed by atoms with E-state index in [1.165, 1.54) is 6.07 Å². The number of hydrogen-bond donors (Lipinski definition) is 0. The largest absolute Gasteiger partial charge is 0.308 e. The van der Waals surface area contributed by atoms with Gasteiger partial charge in [0.05, 0.1) is 5.56 Å². The van der Waals surface area contributed by atoms with Crippen LogP contribution in [0.1, 0.15) is 30.6 Å². The number of carbonyl (C=O) groups excluding carboxylic acids is 1. The Labute approximate surface area is 127 Å².